The van der Waals surface area contributed by atoms with Crippen LogP contribution in [0.15, 0.2) is 84.5 Å². The van der Waals surface area contributed by atoms with Crippen molar-refractivity contribution in [2.75, 3.05) is 10.6 Å². The minimum atomic E-state index is -0.167. The molecule has 2 aromatic carbocycles. The van der Waals surface area contributed by atoms with Gasteiger partial charge in [-0.2, -0.15) is 5.10 Å². The molecule has 0 radical (unpaired) electrons. The van der Waals surface area contributed by atoms with E-state index in [0.29, 0.717) is 28.7 Å². The second kappa shape index (κ2) is 9.08. The summed E-state index contributed by atoms with van der Waals surface area (Å²) in [6.45, 7) is 1.90. The minimum absolute atomic E-state index is 0.167. The van der Waals surface area contributed by atoms with Crippen LogP contribution in [0.4, 0.5) is 17.5 Å². The van der Waals surface area contributed by atoms with Gasteiger partial charge in [-0.1, -0.05) is 30.3 Å². The highest BCUT2D eigenvalue weighted by molar-refractivity contribution is 7.15. The number of H-pyrrole nitrogens is 1. The van der Waals surface area contributed by atoms with E-state index < -0.39 is 0 Å². The van der Waals surface area contributed by atoms with Gasteiger partial charge in [-0.15, -0.1) is 11.3 Å². The standard InChI is InChI=1S/C26H20N8OS/c1-16-14-21(33-32-16)30-25-27-11-10-20(29-25)23-22(31-26-34(23)12-13-36-26)18-8-5-9-19(15-18)28-24(35)17-6-3-2-4-7-17/h2-15H,1H3,(H,28,35)(H2,27,29,30,32,33). The van der Waals surface area contributed by atoms with Crippen molar-refractivity contribution in [2.45, 2.75) is 6.92 Å². The van der Waals surface area contributed by atoms with Gasteiger partial charge in [0, 0.05) is 40.7 Å². The van der Waals surface area contributed by atoms with Crippen LogP contribution in [0.3, 0.4) is 0 Å². The van der Waals surface area contributed by atoms with Gasteiger partial charge in [0.05, 0.1) is 17.1 Å². The average molecular weight is 493 g/mol. The molecule has 36 heavy (non-hydrogen) atoms. The quantitative estimate of drug-likeness (QED) is 0.281. The van der Waals surface area contributed by atoms with Crippen molar-refractivity contribution in [2.24, 2.45) is 0 Å². The fraction of sp³-hybridized carbons (Fsp3) is 0.0385. The molecule has 9 nitrogen and oxygen atoms in total. The van der Waals surface area contributed by atoms with Crippen molar-refractivity contribution in [3.63, 3.8) is 0 Å². The Morgan fingerprint density at radius 1 is 1.03 bits per heavy atom. The Hall–Kier alpha value is -4.83. The molecule has 10 heteroatoms. The molecule has 0 aliphatic rings. The predicted octanol–water partition coefficient (Wildman–Crippen LogP) is 5.55. The van der Waals surface area contributed by atoms with E-state index in [0.717, 1.165) is 27.6 Å². The summed E-state index contributed by atoms with van der Waals surface area (Å²) in [6, 6.07) is 20.5. The lowest BCUT2D eigenvalue weighted by atomic mass is 10.1. The maximum absolute atomic E-state index is 12.7. The normalized spacial score (nSPS) is 11.0. The van der Waals surface area contributed by atoms with Gasteiger partial charge in [0.25, 0.3) is 5.91 Å². The average Bonchev–Trinajstić information content (AvgIpc) is 3.61. The number of hydrogen-bond donors (Lipinski definition) is 3. The van der Waals surface area contributed by atoms with Gasteiger partial charge < -0.3 is 10.6 Å². The van der Waals surface area contributed by atoms with E-state index in [9.17, 15) is 4.79 Å². The molecule has 0 unspecified atom stereocenters. The Morgan fingerprint density at radius 2 is 1.92 bits per heavy atom. The molecule has 4 heterocycles. The first kappa shape index (κ1) is 21.7. The molecular weight excluding hydrogens is 472 g/mol. The summed E-state index contributed by atoms with van der Waals surface area (Å²) in [4.78, 5) is 27.5. The number of anilines is 3. The molecule has 0 aliphatic heterocycles. The van der Waals surface area contributed by atoms with E-state index in [-0.39, 0.29) is 5.91 Å². The number of nitrogens with zero attached hydrogens (tertiary/aromatic N) is 5. The molecule has 0 spiro atoms. The lowest BCUT2D eigenvalue weighted by Gasteiger charge is -2.09. The van der Waals surface area contributed by atoms with Gasteiger partial charge >= 0.3 is 0 Å². The van der Waals surface area contributed by atoms with Crippen LogP contribution in [-0.2, 0) is 0 Å². The smallest absolute Gasteiger partial charge is 0.255 e. The van der Waals surface area contributed by atoms with Gasteiger partial charge in [-0.3, -0.25) is 14.3 Å². The van der Waals surface area contributed by atoms with Crippen LogP contribution in [0.5, 0.6) is 0 Å². The van der Waals surface area contributed by atoms with Gasteiger partial charge in [-0.05, 0) is 37.3 Å². The topological polar surface area (TPSA) is 113 Å². The van der Waals surface area contributed by atoms with Crippen LogP contribution < -0.4 is 10.6 Å². The van der Waals surface area contributed by atoms with E-state index in [1.165, 1.54) is 0 Å². The van der Waals surface area contributed by atoms with Crippen LogP contribution >= 0.6 is 11.3 Å². The lowest BCUT2D eigenvalue weighted by Crippen LogP contribution is -2.11. The van der Waals surface area contributed by atoms with Crippen LogP contribution in [0.1, 0.15) is 16.1 Å². The van der Waals surface area contributed by atoms with Gasteiger partial charge in [0.2, 0.25) is 5.95 Å². The van der Waals surface area contributed by atoms with Crippen molar-refractivity contribution in [3.8, 4) is 22.6 Å². The fourth-order valence-corrected chi connectivity index (χ4v) is 4.64. The lowest BCUT2D eigenvalue weighted by molar-refractivity contribution is 0.102. The van der Waals surface area contributed by atoms with Crippen molar-refractivity contribution in [1.82, 2.24) is 29.5 Å². The molecule has 6 aromatic rings. The Kier molecular flexibility index (Phi) is 5.47. The number of imidazole rings is 1. The first-order chi connectivity index (χ1) is 17.6. The highest BCUT2D eigenvalue weighted by atomic mass is 32.1. The number of amides is 1. The van der Waals surface area contributed by atoms with Gasteiger partial charge in [0.15, 0.2) is 4.96 Å². The van der Waals surface area contributed by atoms with E-state index in [1.807, 2.05) is 77.5 Å². The monoisotopic (exact) mass is 492 g/mol. The predicted molar refractivity (Wildman–Crippen MR) is 141 cm³/mol. The second-order valence-electron chi connectivity index (χ2n) is 8.08. The van der Waals surface area contributed by atoms with Crippen LogP contribution in [0.2, 0.25) is 0 Å². The van der Waals surface area contributed by atoms with E-state index >= 15 is 0 Å². The molecule has 0 fully saturated rings. The summed E-state index contributed by atoms with van der Waals surface area (Å²) in [5, 5.41) is 15.2. The highest BCUT2D eigenvalue weighted by Crippen LogP contribution is 2.34. The highest BCUT2D eigenvalue weighted by Gasteiger charge is 2.19. The van der Waals surface area contributed by atoms with E-state index in [1.54, 1.807) is 29.7 Å². The molecule has 6 rings (SSSR count). The number of fused-ring (bicyclic) bond motifs is 1. The summed E-state index contributed by atoms with van der Waals surface area (Å²) in [6.07, 6.45) is 3.68. The summed E-state index contributed by atoms with van der Waals surface area (Å²) in [7, 11) is 0. The van der Waals surface area contributed by atoms with E-state index in [4.69, 9.17) is 9.97 Å². The summed E-state index contributed by atoms with van der Waals surface area (Å²) in [5.41, 5.74) is 5.32. The molecule has 0 atom stereocenters. The third kappa shape index (κ3) is 4.21. The SMILES string of the molecule is Cc1cc(Nc2nccc(-c3c(-c4cccc(NC(=O)c5ccccc5)c4)nc4sccn34)n2)[nH]n1. The number of aryl methyl sites for hydroxylation is 1. The number of nitrogens with one attached hydrogen (secondary N) is 3. The second-order valence-corrected chi connectivity index (χ2v) is 8.95. The number of aromatic nitrogens is 6. The van der Waals surface area contributed by atoms with Crippen molar-refractivity contribution < 1.29 is 4.79 Å². The molecule has 4 aromatic heterocycles. The minimum Gasteiger partial charge on any atom is -0.322 e. The molecule has 0 aliphatic carbocycles. The molecule has 0 saturated carbocycles. The van der Waals surface area contributed by atoms with Gasteiger partial charge in [0.1, 0.15) is 11.5 Å². The summed E-state index contributed by atoms with van der Waals surface area (Å²) in [5.74, 6) is 0.983. The number of benzene rings is 2. The molecule has 1 amide bonds. The largest absolute Gasteiger partial charge is 0.322 e. The zero-order chi connectivity index (χ0) is 24.5. The van der Waals surface area contributed by atoms with Crippen LogP contribution in [-0.4, -0.2) is 35.5 Å². The maximum Gasteiger partial charge on any atom is 0.255 e. The van der Waals surface area contributed by atoms with Crippen LogP contribution in [0.25, 0.3) is 27.6 Å². The molecule has 0 bridgehead atoms. The summed E-state index contributed by atoms with van der Waals surface area (Å²) >= 11 is 1.54. The number of carbonyl (C=O) groups is 1. The van der Waals surface area contributed by atoms with Gasteiger partial charge in [-0.25, -0.2) is 15.0 Å². The number of aromatic amines is 1. The number of thiazole rings is 1. The molecule has 3 N–H and O–H groups in total. The first-order valence-corrected chi connectivity index (χ1v) is 12.1. The zero-order valence-electron chi connectivity index (χ0n) is 19.1. The third-order valence-electron chi connectivity index (χ3n) is 5.54. The third-order valence-corrected chi connectivity index (χ3v) is 6.30. The number of carbonyl (C=O) groups excluding carboxylic acids is 1. The number of hydrogen-bond acceptors (Lipinski definition) is 7. The maximum atomic E-state index is 12.7. The number of rotatable bonds is 6. The Bertz CT molecular complexity index is 1680. The first-order valence-electron chi connectivity index (χ1n) is 11.2. The van der Waals surface area contributed by atoms with E-state index in [2.05, 4.69) is 25.8 Å². The Labute approximate surface area is 209 Å². The van der Waals surface area contributed by atoms with Crippen LogP contribution in [0, 0.1) is 6.92 Å². The molecule has 0 saturated heterocycles. The fourth-order valence-electron chi connectivity index (χ4n) is 3.93. The van der Waals surface area contributed by atoms with Crippen molar-refractivity contribution in [3.05, 3.63) is 95.8 Å². The van der Waals surface area contributed by atoms with Crippen molar-refractivity contribution in [1.29, 1.82) is 0 Å². The molecule has 176 valence electrons. The zero-order valence-corrected chi connectivity index (χ0v) is 20.0. The van der Waals surface area contributed by atoms with Crippen molar-refractivity contribution >= 4 is 39.7 Å². The Morgan fingerprint density at radius 3 is 2.75 bits per heavy atom. The summed E-state index contributed by atoms with van der Waals surface area (Å²) < 4.78 is 2.02. The molecular formula is C26H20N8OS. The Balaban J connectivity index is 1.37.